The van der Waals surface area contributed by atoms with E-state index in [2.05, 4.69) is 10.5 Å². The number of rotatable bonds is 9. The van der Waals surface area contributed by atoms with Gasteiger partial charge in [-0.3, -0.25) is 10.1 Å². The molecule has 11 heteroatoms. The predicted octanol–water partition coefficient (Wildman–Crippen LogP) is -0.423. The number of carboxylic acid groups (broad SMARTS) is 1. The van der Waals surface area contributed by atoms with E-state index in [0.29, 0.717) is 11.3 Å². The van der Waals surface area contributed by atoms with Crippen LogP contribution in [0.15, 0.2) is 34.8 Å². The van der Waals surface area contributed by atoms with Crippen molar-refractivity contribution in [1.82, 2.24) is 5.32 Å². The molecule has 142 valence electrons. The van der Waals surface area contributed by atoms with Crippen LogP contribution in [0.5, 0.6) is 0 Å². The van der Waals surface area contributed by atoms with Crippen LogP contribution in [-0.2, 0) is 14.3 Å². The molecule has 0 aliphatic carbocycles. The van der Waals surface area contributed by atoms with Crippen LogP contribution >= 0.6 is 11.3 Å². The predicted molar refractivity (Wildman–Crippen MR) is 95.7 cm³/mol. The number of nitrogens with one attached hydrogen (secondary N) is 1. The molecule has 2 heterocycles. The number of nitrogens with zero attached hydrogens (tertiary/aromatic N) is 1. The first-order chi connectivity index (χ1) is 12.5. The van der Waals surface area contributed by atoms with Crippen molar-refractivity contribution in [2.24, 2.45) is 5.16 Å². The van der Waals surface area contributed by atoms with Crippen molar-refractivity contribution in [3.8, 4) is 0 Å². The largest absolute Gasteiger partial charge is 0.481 e. The van der Waals surface area contributed by atoms with E-state index in [-0.39, 0.29) is 25.3 Å². The van der Waals surface area contributed by atoms with Crippen LogP contribution in [0.3, 0.4) is 0 Å². The minimum atomic E-state index is -1.31. The van der Waals surface area contributed by atoms with Gasteiger partial charge in [-0.15, -0.1) is 11.3 Å². The molecular formula is C15H21BN2O7S. The monoisotopic (exact) mass is 384 g/mol. The summed E-state index contributed by atoms with van der Waals surface area (Å²) >= 11 is 1.35. The maximum atomic E-state index is 10.8. The average Bonchev–Trinajstić information content (AvgIpc) is 3.05. The molecule has 1 aromatic heterocycles. The Labute approximate surface area is 154 Å². The van der Waals surface area contributed by atoms with Crippen molar-refractivity contribution in [3.63, 3.8) is 0 Å². The van der Waals surface area contributed by atoms with Gasteiger partial charge in [-0.2, -0.15) is 0 Å². The molecule has 2 rings (SSSR count). The summed E-state index contributed by atoms with van der Waals surface area (Å²) in [5, 5.41) is 46.8. The van der Waals surface area contributed by atoms with Gasteiger partial charge in [0, 0.05) is 5.94 Å². The lowest BCUT2D eigenvalue weighted by Crippen LogP contribution is -2.52. The molecule has 9 nitrogen and oxygen atoms in total. The fourth-order valence-electron chi connectivity index (χ4n) is 2.34. The van der Waals surface area contributed by atoms with Gasteiger partial charge in [0.15, 0.2) is 6.23 Å². The van der Waals surface area contributed by atoms with Crippen LogP contribution in [0, 0.1) is 0 Å². The number of hydrogen-bond donors (Lipinski definition) is 5. The molecule has 0 aromatic carbocycles. The molecule has 3 atom stereocenters. The summed E-state index contributed by atoms with van der Waals surface area (Å²) < 4.78 is 5.32. The summed E-state index contributed by atoms with van der Waals surface area (Å²) in [7, 11) is -1.31. The van der Waals surface area contributed by atoms with E-state index in [1.165, 1.54) is 11.3 Å². The summed E-state index contributed by atoms with van der Waals surface area (Å²) in [4.78, 5) is 16.4. The quantitative estimate of drug-likeness (QED) is 0.0966. The van der Waals surface area contributed by atoms with Crippen LogP contribution < -0.4 is 5.32 Å². The van der Waals surface area contributed by atoms with Crippen molar-refractivity contribution in [3.05, 3.63) is 34.5 Å². The van der Waals surface area contributed by atoms with Crippen LogP contribution in [0.25, 0.3) is 0 Å². The molecule has 0 saturated carbocycles. The number of aliphatic hydroxyl groups is 2. The third-order valence-electron chi connectivity index (χ3n) is 3.53. The molecule has 1 aliphatic heterocycles. The van der Waals surface area contributed by atoms with Crippen LogP contribution in [-0.4, -0.2) is 70.6 Å². The van der Waals surface area contributed by atoms with Crippen LogP contribution in [0.4, 0.5) is 0 Å². The number of hydrogen-bond acceptors (Lipinski definition) is 9. The first kappa shape index (κ1) is 20.6. The van der Waals surface area contributed by atoms with E-state index < -0.39 is 31.4 Å². The molecule has 0 saturated heterocycles. The third kappa shape index (κ3) is 6.20. The summed E-state index contributed by atoms with van der Waals surface area (Å²) in [6.45, 7) is -0.230. The zero-order valence-electron chi connectivity index (χ0n) is 13.9. The van der Waals surface area contributed by atoms with Gasteiger partial charge < -0.3 is 29.8 Å². The third-order valence-corrected chi connectivity index (χ3v) is 4.42. The highest BCUT2D eigenvalue weighted by molar-refractivity contribution is 7.12. The van der Waals surface area contributed by atoms with Gasteiger partial charge in [0.2, 0.25) is 0 Å². The Morgan fingerprint density at radius 3 is 3.04 bits per heavy atom. The number of thiophene rings is 1. The highest BCUT2D eigenvalue weighted by atomic mass is 32.1. The summed E-state index contributed by atoms with van der Waals surface area (Å²) in [5.74, 6) is -1.71. The molecule has 0 spiro atoms. The maximum Gasteiger partial charge on any atom is 0.473 e. The second-order valence-electron chi connectivity index (χ2n) is 5.51. The average molecular weight is 384 g/mol. The molecule has 0 amide bonds. The SMILES string of the molecule is O=C(O)C[C@H]1C=CC[C@H](NC(O)/C(=N\OCCO)c2cccs2)B(O)O1. The zero-order chi connectivity index (χ0) is 18.9. The number of aliphatic hydroxyl groups excluding tert-OH is 2. The lowest BCUT2D eigenvalue weighted by Gasteiger charge is -2.23. The van der Waals surface area contributed by atoms with Crippen molar-refractivity contribution in [2.45, 2.75) is 31.1 Å². The van der Waals surface area contributed by atoms with E-state index in [1.807, 2.05) is 5.38 Å². The van der Waals surface area contributed by atoms with Gasteiger partial charge in [-0.25, -0.2) is 0 Å². The Balaban J connectivity index is 2.03. The Hall–Kier alpha value is -1.76. The van der Waals surface area contributed by atoms with E-state index in [9.17, 15) is 14.9 Å². The van der Waals surface area contributed by atoms with Gasteiger partial charge in [0.25, 0.3) is 0 Å². The number of carbonyl (C=O) groups is 1. The number of carboxylic acids is 1. The molecular weight excluding hydrogens is 363 g/mol. The lowest BCUT2D eigenvalue weighted by molar-refractivity contribution is -0.138. The Morgan fingerprint density at radius 1 is 1.58 bits per heavy atom. The molecule has 5 N–H and O–H groups in total. The summed E-state index contributed by atoms with van der Waals surface area (Å²) in [6, 6.07) is 3.54. The van der Waals surface area contributed by atoms with Gasteiger partial charge in [-0.1, -0.05) is 23.4 Å². The van der Waals surface area contributed by atoms with Crippen molar-refractivity contribution >= 4 is 30.1 Å². The van der Waals surface area contributed by atoms with Crippen LogP contribution in [0.2, 0.25) is 0 Å². The number of oxime groups is 1. The molecule has 0 fully saturated rings. The first-order valence-electron chi connectivity index (χ1n) is 8.02. The van der Waals surface area contributed by atoms with E-state index in [0.717, 1.165) is 0 Å². The van der Waals surface area contributed by atoms with Gasteiger partial charge in [0.1, 0.15) is 12.3 Å². The first-order valence-corrected chi connectivity index (χ1v) is 8.90. The normalized spacial score (nSPS) is 22.1. The highest BCUT2D eigenvalue weighted by Gasteiger charge is 2.34. The molecule has 1 unspecified atom stereocenters. The summed E-state index contributed by atoms with van der Waals surface area (Å²) in [5.41, 5.74) is 0.205. The maximum absolute atomic E-state index is 10.8. The van der Waals surface area contributed by atoms with E-state index in [4.69, 9.17) is 19.7 Å². The minimum absolute atomic E-state index is 0.0175. The standard InChI is InChI=1S/C15H21BN2O7S/c19-6-7-24-18-14(11-4-2-8-26-11)15(22)17-12-5-1-3-10(9-13(20)21)25-16(12)23/h1-4,8,10,12,15,17,19,22-23H,5-7,9H2,(H,20,21)/b18-14-/t10-,12+,15?/m1/s1. The van der Waals surface area contributed by atoms with E-state index in [1.54, 1.807) is 24.3 Å². The highest BCUT2D eigenvalue weighted by Crippen LogP contribution is 2.16. The molecule has 1 aliphatic rings. The van der Waals surface area contributed by atoms with Gasteiger partial charge >= 0.3 is 13.1 Å². The van der Waals surface area contributed by atoms with Gasteiger partial charge in [0.05, 0.1) is 24.0 Å². The number of aliphatic carboxylic acids is 1. The van der Waals surface area contributed by atoms with Gasteiger partial charge in [-0.05, 0) is 17.9 Å². The molecule has 0 radical (unpaired) electrons. The molecule has 0 bridgehead atoms. The van der Waals surface area contributed by atoms with Crippen molar-refractivity contribution in [2.75, 3.05) is 13.2 Å². The molecule has 26 heavy (non-hydrogen) atoms. The smallest absolute Gasteiger partial charge is 0.473 e. The fraction of sp³-hybridized carbons (Fsp3) is 0.467. The summed E-state index contributed by atoms with van der Waals surface area (Å²) in [6.07, 6.45) is 1.32. The van der Waals surface area contributed by atoms with Crippen molar-refractivity contribution in [1.29, 1.82) is 0 Å². The Kier molecular flexibility index (Phi) is 8.23. The lowest BCUT2D eigenvalue weighted by atomic mass is 9.77. The van der Waals surface area contributed by atoms with E-state index >= 15 is 0 Å². The molecule has 1 aromatic rings. The zero-order valence-corrected chi connectivity index (χ0v) is 14.7. The van der Waals surface area contributed by atoms with Crippen LogP contribution in [0.1, 0.15) is 17.7 Å². The Bertz CT molecular complexity index is 626. The minimum Gasteiger partial charge on any atom is -0.481 e. The second kappa shape index (κ2) is 10.4. The Morgan fingerprint density at radius 2 is 2.38 bits per heavy atom. The topological polar surface area (TPSA) is 141 Å². The second-order valence-corrected chi connectivity index (χ2v) is 6.46. The van der Waals surface area contributed by atoms with Crippen molar-refractivity contribution < 1.29 is 34.6 Å². The fourth-order valence-corrected chi connectivity index (χ4v) is 3.07.